The van der Waals surface area contributed by atoms with Gasteiger partial charge in [-0.15, -0.1) is 0 Å². The second-order valence-electron chi connectivity index (χ2n) is 3.63. The summed E-state index contributed by atoms with van der Waals surface area (Å²) < 4.78 is 4.78. The normalized spacial score (nSPS) is 23.1. The van der Waals surface area contributed by atoms with Crippen molar-refractivity contribution < 1.29 is 14.3 Å². The van der Waals surface area contributed by atoms with Gasteiger partial charge in [0.2, 0.25) is 5.91 Å². The molecule has 0 aromatic heterocycles. The van der Waals surface area contributed by atoms with Crippen LogP contribution >= 0.6 is 0 Å². The number of carbonyl (C=O) groups excluding carboxylic acids is 2. The van der Waals surface area contributed by atoms with E-state index in [1.807, 2.05) is 0 Å². The molecule has 1 heterocycles. The molecular weight excluding hydrogens is 184 g/mol. The minimum absolute atomic E-state index is 0.0373. The monoisotopic (exact) mass is 200 g/mol. The van der Waals surface area contributed by atoms with E-state index in [0.717, 1.165) is 0 Å². The Morgan fingerprint density at radius 2 is 2.29 bits per heavy atom. The number of rotatable bonds is 3. The largest absolute Gasteiger partial charge is 0.464 e. The SMILES string of the molecule is CC(NC1CCOC1=O)C(=O)N(C)C. The van der Waals surface area contributed by atoms with E-state index in [-0.39, 0.29) is 24.0 Å². The third-order valence-corrected chi connectivity index (χ3v) is 2.20. The van der Waals surface area contributed by atoms with Crippen LogP contribution in [-0.4, -0.2) is 49.6 Å². The summed E-state index contributed by atoms with van der Waals surface area (Å²) in [5.74, 6) is -0.298. The van der Waals surface area contributed by atoms with Gasteiger partial charge in [-0.2, -0.15) is 0 Å². The van der Waals surface area contributed by atoms with Gasteiger partial charge in [-0.25, -0.2) is 0 Å². The first kappa shape index (κ1) is 11.0. The molecule has 80 valence electrons. The van der Waals surface area contributed by atoms with Crippen molar-refractivity contribution in [3.05, 3.63) is 0 Å². The van der Waals surface area contributed by atoms with Gasteiger partial charge < -0.3 is 9.64 Å². The predicted octanol–water partition coefficient (Wildman–Crippen LogP) is -0.632. The molecule has 1 N–H and O–H groups in total. The van der Waals surface area contributed by atoms with Gasteiger partial charge in [-0.05, 0) is 6.92 Å². The van der Waals surface area contributed by atoms with Crippen LogP contribution in [0, 0.1) is 0 Å². The second kappa shape index (κ2) is 4.41. The number of hydrogen-bond acceptors (Lipinski definition) is 4. The van der Waals surface area contributed by atoms with Crippen molar-refractivity contribution >= 4 is 11.9 Å². The molecular formula is C9H16N2O3. The smallest absolute Gasteiger partial charge is 0.323 e. The van der Waals surface area contributed by atoms with Crippen LogP contribution in [0.3, 0.4) is 0 Å². The van der Waals surface area contributed by atoms with E-state index in [9.17, 15) is 9.59 Å². The minimum atomic E-state index is -0.347. The van der Waals surface area contributed by atoms with Crippen LogP contribution in [0.5, 0.6) is 0 Å². The van der Waals surface area contributed by atoms with Gasteiger partial charge in [0.1, 0.15) is 6.04 Å². The van der Waals surface area contributed by atoms with Crippen molar-refractivity contribution in [2.24, 2.45) is 0 Å². The predicted molar refractivity (Wildman–Crippen MR) is 50.7 cm³/mol. The van der Waals surface area contributed by atoms with Crippen LogP contribution in [0.15, 0.2) is 0 Å². The zero-order chi connectivity index (χ0) is 10.7. The Labute approximate surface area is 83.4 Å². The summed E-state index contributed by atoms with van der Waals surface area (Å²) in [5.41, 5.74) is 0. The molecule has 1 rings (SSSR count). The Hall–Kier alpha value is -1.10. The molecule has 2 unspecified atom stereocenters. The van der Waals surface area contributed by atoms with Crippen molar-refractivity contribution in [3.63, 3.8) is 0 Å². The number of amides is 1. The van der Waals surface area contributed by atoms with Crippen molar-refractivity contribution in [3.8, 4) is 0 Å². The van der Waals surface area contributed by atoms with Gasteiger partial charge in [0.25, 0.3) is 0 Å². The Kier molecular flexibility index (Phi) is 3.46. The topological polar surface area (TPSA) is 58.6 Å². The lowest BCUT2D eigenvalue weighted by Gasteiger charge is -2.19. The minimum Gasteiger partial charge on any atom is -0.464 e. The molecule has 0 spiro atoms. The number of likely N-dealkylation sites (N-methyl/N-ethyl adjacent to an activating group) is 1. The molecule has 14 heavy (non-hydrogen) atoms. The van der Waals surface area contributed by atoms with Crippen LogP contribution in [0.25, 0.3) is 0 Å². The number of esters is 1. The zero-order valence-corrected chi connectivity index (χ0v) is 8.74. The van der Waals surface area contributed by atoms with Crippen LogP contribution in [-0.2, 0) is 14.3 Å². The Morgan fingerprint density at radius 3 is 2.71 bits per heavy atom. The fourth-order valence-electron chi connectivity index (χ4n) is 1.41. The van der Waals surface area contributed by atoms with E-state index in [1.165, 1.54) is 4.90 Å². The van der Waals surface area contributed by atoms with Gasteiger partial charge in [-0.3, -0.25) is 14.9 Å². The highest BCUT2D eigenvalue weighted by atomic mass is 16.5. The Bertz CT molecular complexity index is 240. The summed E-state index contributed by atoms with van der Waals surface area (Å²) in [6.07, 6.45) is 0.643. The standard InChI is InChI=1S/C9H16N2O3/c1-6(8(12)11(2)3)10-7-4-5-14-9(7)13/h6-7,10H,4-5H2,1-3H3. The van der Waals surface area contributed by atoms with E-state index >= 15 is 0 Å². The first-order chi connectivity index (χ1) is 6.52. The number of cyclic esters (lactones) is 1. The van der Waals surface area contributed by atoms with Gasteiger partial charge in [0.15, 0.2) is 0 Å². The summed E-state index contributed by atoms with van der Waals surface area (Å²) >= 11 is 0. The lowest BCUT2D eigenvalue weighted by atomic mass is 10.2. The average molecular weight is 200 g/mol. The molecule has 1 aliphatic rings. The summed E-state index contributed by atoms with van der Waals surface area (Å²) in [6, 6.07) is -0.672. The van der Waals surface area contributed by atoms with Crippen LogP contribution in [0.1, 0.15) is 13.3 Å². The highest BCUT2D eigenvalue weighted by Crippen LogP contribution is 2.06. The molecule has 1 saturated heterocycles. The van der Waals surface area contributed by atoms with Crippen LogP contribution < -0.4 is 5.32 Å². The molecule has 0 bridgehead atoms. The first-order valence-electron chi connectivity index (χ1n) is 4.66. The highest BCUT2D eigenvalue weighted by Gasteiger charge is 2.29. The molecule has 1 amide bonds. The molecule has 0 radical (unpaired) electrons. The van der Waals surface area contributed by atoms with Crippen molar-refractivity contribution in [2.45, 2.75) is 25.4 Å². The van der Waals surface area contributed by atoms with Gasteiger partial charge in [0, 0.05) is 20.5 Å². The maximum absolute atomic E-state index is 11.4. The van der Waals surface area contributed by atoms with Gasteiger partial charge >= 0.3 is 5.97 Å². The van der Waals surface area contributed by atoms with E-state index in [2.05, 4.69) is 5.32 Å². The average Bonchev–Trinajstić information content (AvgIpc) is 2.50. The van der Waals surface area contributed by atoms with Crippen LogP contribution in [0.4, 0.5) is 0 Å². The molecule has 0 aliphatic carbocycles. The van der Waals surface area contributed by atoms with Crippen molar-refractivity contribution in [2.75, 3.05) is 20.7 Å². The van der Waals surface area contributed by atoms with E-state index < -0.39 is 0 Å². The first-order valence-corrected chi connectivity index (χ1v) is 4.66. The highest BCUT2D eigenvalue weighted by molar-refractivity contribution is 5.83. The fourth-order valence-corrected chi connectivity index (χ4v) is 1.41. The maximum atomic E-state index is 11.4. The molecule has 2 atom stereocenters. The Morgan fingerprint density at radius 1 is 1.64 bits per heavy atom. The molecule has 0 aromatic rings. The molecule has 1 fully saturated rings. The van der Waals surface area contributed by atoms with Gasteiger partial charge in [0.05, 0.1) is 12.6 Å². The van der Waals surface area contributed by atoms with Crippen molar-refractivity contribution in [1.29, 1.82) is 0 Å². The number of nitrogens with zero attached hydrogens (tertiary/aromatic N) is 1. The second-order valence-corrected chi connectivity index (χ2v) is 3.63. The quantitative estimate of drug-likeness (QED) is 0.616. The molecule has 5 heteroatoms. The third kappa shape index (κ3) is 2.45. The van der Waals surface area contributed by atoms with Gasteiger partial charge in [-0.1, -0.05) is 0 Å². The Balaban J connectivity index is 2.43. The molecule has 0 aromatic carbocycles. The number of ether oxygens (including phenoxy) is 1. The maximum Gasteiger partial charge on any atom is 0.323 e. The summed E-state index contributed by atoms with van der Waals surface area (Å²) in [5, 5.41) is 2.94. The third-order valence-electron chi connectivity index (χ3n) is 2.20. The fraction of sp³-hybridized carbons (Fsp3) is 0.778. The zero-order valence-electron chi connectivity index (χ0n) is 8.74. The number of hydrogen-bond donors (Lipinski definition) is 1. The molecule has 1 aliphatic heterocycles. The summed E-state index contributed by atoms with van der Waals surface area (Å²) in [4.78, 5) is 24.0. The lowest BCUT2D eigenvalue weighted by molar-refractivity contribution is -0.140. The summed E-state index contributed by atoms with van der Waals surface area (Å²) in [6.45, 7) is 2.19. The molecule has 0 saturated carbocycles. The van der Waals surface area contributed by atoms with Crippen molar-refractivity contribution in [1.82, 2.24) is 10.2 Å². The van der Waals surface area contributed by atoms with E-state index in [4.69, 9.17) is 4.74 Å². The number of carbonyl (C=O) groups is 2. The number of nitrogens with one attached hydrogen (secondary N) is 1. The molecule has 5 nitrogen and oxygen atoms in total. The van der Waals surface area contributed by atoms with Crippen LogP contribution in [0.2, 0.25) is 0 Å². The summed E-state index contributed by atoms with van der Waals surface area (Å²) in [7, 11) is 3.38. The lowest BCUT2D eigenvalue weighted by Crippen LogP contribution is -2.47. The van der Waals surface area contributed by atoms with E-state index in [1.54, 1.807) is 21.0 Å². The van der Waals surface area contributed by atoms with E-state index in [0.29, 0.717) is 13.0 Å².